The molecule has 0 atom stereocenters. The van der Waals surface area contributed by atoms with Gasteiger partial charge in [0, 0.05) is 5.69 Å². The molecular weight excluding hydrogens is 244 g/mol. The van der Waals surface area contributed by atoms with Gasteiger partial charge in [-0.05, 0) is 26.0 Å². The fourth-order valence-electron chi connectivity index (χ4n) is 1.82. The Kier molecular flexibility index (Phi) is 3.85. The maximum atomic E-state index is 11.0. The summed E-state index contributed by atoms with van der Waals surface area (Å²) < 4.78 is 5.14. The van der Waals surface area contributed by atoms with Crippen molar-refractivity contribution in [1.29, 1.82) is 0 Å². The molecule has 1 heterocycles. The number of aliphatic carboxylic acids is 1. The van der Waals surface area contributed by atoms with Crippen molar-refractivity contribution in [2.45, 2.75) is 20.4 Å². The van der Waals surface area contributed by atoms with Gasteiger partial charge in [0.25, 0.3) is 0 Å². The molecule has 1 N–H and O–H groups in total. The molecule has 2 rings (SSSR count). The number of oxazole rings is 1. The lowest BCUT2D eigenvalue weighted by molar-refractivity contribution is -0.135. The first-order valence-corrected chi connectivity index (χ1v) is 5.98. The standard InChI is InChI=1S/C14H16N2O3/c1-10-3-5-12(6-4-10)16(8-14(17)18)7-13-11(2)19-9-15-13/h3-6,9H,7-8H2,1-2H3,(H,17,18). The van der Waals surface area contributed by atoms with Crippen molar-refractivity contribution < 1.29 is 14.3 Å². The van der Waals surface area contributed by atoms with Crippen LogP contribution >= 0.6 is 0 Å². The average molecular weight is 260 g/mol. The van der Waals surface area contributed by atoms with E-state index < -0.39 is 5.97 Å². The van der Waals surface area contributed by atoms with Crippen LogP contribution in [0.15, 0.2) is 35.1 Å². The van der Waals surface area contributed by atoms with Gasteiger partial charge in [0.1, 0.15) is 18.0 Å². The van der Waals surface area contributed by atoms with Crippen LogP contribution in [0.4, 0.5) is 5.69 Å². The van der Waals surface area contributed by atoms with E-state index in [0.717, 1.165) is 16.9 Å². The Labute approximate surface area is 111 Å². The van der Waals surface area contributed by atoms with Gasteiger partial charge in [0.2, 0.25) is 0 Å². The molecule has 0 unspecified atom stereocenters. The topological polar surface area (TPSA) is 66.6 Å². The van der Waals surface area contributed by atoms with Crippen LogP contribution in [0.2, 0.25) is 0 Å². The highest BCUT2D eigenvalue weighted by Crippen LogP contribution is 2.18. The summed E-state index contributed by atoms with van der Waals surface area (Å²) >= 11 is 0. The van der Waals surface area contributed by atoms with Crippen molar-refractivity contribution in [2.75, 3.05) is 11.4 Å². The number of carboxylic acid groups (broad SMARTS) is 1. The zero-order valence-electron chi connectivity index (χ0n) is 11.0. The smallest absolute Gasteiger partial charge is 0.323 e. The molecule has 5 nitrogen and oxygen atoms in total. The summed E-state index contributed by atoms with van der Waals surface area (Å²) in [6, 6.07) is 7.74. The number of aryl methyl sites for hydroxylation is 2. The lowest BCUT2D eigenvalue weighted by Crippen LogP contribution is -2.29. The molecule has 0 saturated heterocycles. The molecule has 0 bridgehead atoms. The van der Waals surface area contributed by atoms with Gasteiger partial charge in [-0.25, -0.2) is 4.98 Å². The molecule has 0 spiro atoms. The van der Waals surface area contributed by atoms with E-state index in [4.69, 9.17) is 9.52 Å². The monoisotopic (exact) mass is 260 g/mol. The van der Waals surface area contributed by atoms with Crippen LogP contribution in [-0.2, 0) is 11.3 Å². The number of hydrogen-bond donors (Lipinski definition) is 1. The van der Waals surface area contributed by atoms with Gasteiger partial charge in [0.15, 0.2) is 6.39 Å². The molecule has 100 valence electrons. The first kappa shape index (κ1) is 13.1. The van der Waals surface area contributed by atoms with Crippen LogP contribution in [0, 0.1) is 13.8 Å². The summed E-state index contributed by atoms with van der Waals surface area (Å²) in [5, 5.41) is 9.01. The molecule has 19 heavy (non-hydrogen) atoms. The number of nitrogens with zero attached hydrogens (tertiary/aromatic N) is 2. The van der Waals surface area contributed by atoms with Crippen LogP contribution in [0.1, 0.15) is 17.0 Å². The summed E-state index contributed by atoms with van der Waals surface area (Å²) in [6.45, 7) is 4.15. The number of carboxylic acids is 1. The molecule has 5 heteroatoms. The minimum Gasteiger partial charge on any atom is -0.480 e. The molecule has 0 aliphatic rings. The second-order valence-corrected chi connectivity index (χ2v) is 4.44. The van der Waals surface area contributed by atoms with E-state index in [-0.39, 0.29) is 6.54 Å². The number of carbonyl (C=O) groups is 1. The maximum Gasteiger partial charge on any atom is 0.323 e. The zero-order chi connectivity index (χ0) is 13.8. The molecular formula is C14H16N2O3. The molecule has 0 aliphatic carbocycles. The summed E-state index contributed by atoms with van der Waals surface area (Å²) in [5.41, 5.74) is 2.74. The predicted octanol–water partition coefficient (Wildman–Crippen LogP) is 2.38. The quantitative estimate of drug-likeness (QED) is 0.894. The summed E-state index contributed by atoms with van der Waals surface area (Å²) in [7, 11) is 0. The summed E-state index contributed by atoms with van der Waals surface area (Å²) in [5.74, 6) is -0.163. The molecule has 0 radical (unpaired) electrons. The number of hydrogen-bond acceptors (Lipinski definition) is 4. The lowest BCUT2D eigenvalue weighted by Gasteiger charge is -2.22. The third-order valence-electron chi connectivity index (χ3n) is 2.91. The first-order chi connectivity index (χ1) is 9.06. The van der Waals surface area contributed by atoms with Crippen molar-refractivity contribution >= 4 is 11.7 Å². The van der Waals surface area contributed by atoms with Crippen molar-refractivity contribution in [3.63, 3.8) is 0 Å². The van der Waals surface area contributed by atoms with E-state index in [1.807, 2.05) is 38.1 Å². The fourth-order valence-corrected chi connectivity index (χ4v) is 1.82. The molecule has 1 aromatic heterocycles. The molecule has 2 aromatic rings. The van der Waals surface area contributed by atoms with Crippen molar-refractivity contribution in [2.24, 2.45) is 0 Å². The number of rotatable bonds is 5. The number of aromatic nitrogens is 1. The zero-order valence-corrected chi connectivity index (χ0v) is 11.0. The Bertz CT molecular complexity index is 560. The van der Waals surface area contributed by atoms with Crippen LogP contribution in [0.25, 0.3) is 0 Å². The highest BCUT2D eigenvalue weighted by atomic mass is 16.4. The van der Waals surface area contributed by atoms with Gasteiger partial charge in [-0.2, -0.15) is 0 Å². The van der Waals surface area contributed by atoms with Gasteiger partial charge in [0.05, 0.1) is 6.54 Å². The highest BCUT2D eigenvalue weighted by Gasteiger charge is 2.14. The normalized spacial score (nSPS) is 10.4. The predicted molar refractivity (Wildman–Crippen MR) is 71.1 cm³/mol. The van der Waals surface area contributed by atoms with E-state index in [1.54, 1.807) is 4.90 Å². The van der Waals surface area contributed by atoms with Gasteiger partial charge in [-0.15, -0.1) is 0 Å². The van der Waals surface area contributed by atoms with E-state index in [9.17, 15) is 4.79 Å². The van der Waals surface area contributed by atoms with Crippen LogP contribution in [0.3, 0.4) is 0 Å². The number of benzene rings is 1. The molecule has 1 aromatic carbocycles. The molecule has 0 saturated carbocycles. The lowest BCUT2D eigenvalue weighted by atomic mass is 10.2. The summed E-state index contributed by atoms with van der Waals surface area (Å²) in [6.07, 6.45) is 1.37. The second-order valence-electron chi connectivity index (χ2n) is 4.44. The Balaban J connectivity index is 2.23. The maximum absolute atomic E-state index is 11.0. The Hall–Kier alpha value is -2.30. The van der Waals surface area contributed by atoms with Crippen molar-refractivity contribution in [3.05, 3.63) is 47.7 Å². The van der Waals surface area contributed by atoms with Gasteiger partial charge < -0.3 is 14.4 Å². The minimum absolute atomic E-state index is 0.0740. The van der Waals surface area contributed by atoms with E-state index in [0.29, 0.717) is 12.3 Å². The van der Waals surface area contributed by atoms with Crippen LogP contribution < -0.4 is 4.90 Å². The minimum atomic E-state index is -0.873. The van der Waals surface area contributed by atoms with Crippen LogP contribution in [-0.4, -0.2) is 22.6 Å². The third-order valence-corrected chi connectivity index (χ3v) is 2.91. The third kappa shape index (κ3) is 3.34. The van der Waals surface area contributed by atoms with Crippen molar-refractivity contribution in [1.82, 2.24) is 4.98 Å². The summed E-state index contributed by atoms with van der Waals surface area (Å²) in [4.78, 5) is 16.8. The van der Waals surface area contributed by atoms with E-state index in [2.05, 4.69) is 4.98 Å². The fraction of sp³-hybridized carbons (Fsp3) is 0.286. The van der Waals surface area contributed by atoms with E-state index >= 15 is 0 Å². The Morgan fingerprint density at radius 3 is 2.53 bits per heavy atom. The first-order valence-electron chi connectivity index (χ1n) is 5.98. The van der Waals surface area contributed by atoms with Gasteiger partial charge in [-0.3, -0.25) is 4.79 Å². The van der Waals surface area contributed by atoms with E-state index in [1.165, 1.54) is 6.39 Å². The second kappa shape index (κ2) is 5.56. The Morgan fingerprint density at radius 2 is 2.00 bits per heavy atom. The van der Waals surface area contributed by atoms with Crippen molar-refractivity contribution in [3.8, 4) is 0 Å². The molecule has 0 aliphatic heterocycles. The largest absolute Gasteiger partial charge is 0.480 e. The van der Waals surface area contributed by atoms with Gasteiger partial charge >= 0.3 is 5.97 Å². The molecule has 0 fully saturated rings. The molecule has 0 amide bonds. The number of anilines is 1. The SMILES string of the molecule is Cc1ccc(N(CC(=O)O)Cc2ncoc2C)cc1. The van der Waals surface area contributed by atoms with Gasteiger partial charge in [-0.1, -0.05) is 17.7 Å². The Morgan fingerprint density at radius 1 is 1.32 bits per heavy atom. The van der Waals surface area contributed by atoms with Crippen LogP contribution in [0.5, 0.6) is 0 Å². The highest BCUT2D eigenvalue weighted by molar-refractivity contribution is 5.73. The average Bonchev–Trinajstić information content (AvgIpc) is 2.75.